The summed E-state index contributed by atoms with van der Waals surface area (Å²) in [6, 6.07) is 5.71. The molecule has 0 saturated carbocycles. The summed E-state index contributed by atoms with van der Waals surface area (Å²) in [5.41, 5.74) is 5.96. The fourth-order valence-corrected chi connectivity index (χ4v) is 2.10. The monoisotopic (exact) mass is 340 g/mol. The van der Waals surface area contributed by atoms with Crippen LogP contribution in [0.25, 0.3) is 0 Å². The van der Waals surface area contributed by atoms with Gasteiger partial charge in [-0.25, -0.2) is 4.98 Å². The maximum absolute atomic E-state index is 11.5. The van der Waals surface area contributed by atoms with Gasteiger partial charge < -0.3 is 11.1 Å². The lowest BCUT2D eigenvalue weighted by Gasteiger charge is -2.11. The highest BCUT2D eigenvalue weighted by Gasteiger charge is 2.19. The maximum atomic E-state index is 11.5. The highest BCUT2D eigenvalue weighted by molar-refractivity contribution is 6.33. The summed E-state index contributed by atoms with van der Waals surface area (Å²) >= 11 is 11.5. The molecule has 2 aromatic rings. The number of hydrogen-bond acceptors (Lipinski definition) is 5. The van der Waals surface area contributed by atoms with Gasteiger partial charge >= 0.3 is 0 Å². The molecule has 114 valence electrons. The third-order valence-corrected chi connectivity index (χ3v) is 3.35. The van der Waals surface area contributed by atoms with E-state index in [9.17, 15) is 14.9 Å². The molecule has 1 aromatic heterocycles. The Morgan fingerprint density at radius 2 is 2.09 bits per heavy atom. The zero-order valence-electron chi connectivity index (χ0n) is 11.0. The summed E-state index contributed by atoms with van der Waals surface area (Å²) < 4.78 is 0. The number of benzene rings is 1. The van der Waals surface area contributed by atoms with E-state index in [0.717, 1.165) is 11.6 Å². The van der Waals surface area contributed by atoms with Gasteiger partial charge in [0.15, 0.2) is 0 Å². The summed E-state index contributed by atoms with van der Waals surface area (Å²) in [5, 5.41) is 14.1. The van der Waals surface area contributed by atoms with E-state index in [4.69, 9.17) is 28.9 Å². The van der Waals surface area contributed by atoms with E-state index >= 15 is 0 Å². The molecule has 7 nitrogen and oxygen atoms in total. The molecule has 0 atom stereocenters. The summed E-state index contributed by atoms with van der Waals surface area (Å²) in [7, 11) is 0. The Hall–Kier alpha value is -2.38. The van der Waals surface area contributed by atoms with Crippen LogP contribution in [-0.2, 0) is 6.54 Å². The minimum Gasteiger partial charge on any atom is -0.380 e. The Morgan fingerprint density at radius 1 is 1.36 bits per heavy atom. The second-order valence-electron chi connectivity index (χ2n) is 4.31. The molecule has 0 aliphatic rings. The quantitative estimate of drug-likeness (QED) is 0.493. The Labute approximate surface area is 135 Å². The Kier molecular flexibility index (Phi) is 4.79. The van der Waals surface area contributed by atoms with Gasteiger partial charge in [0.1, 0.15) is 10.2 Å². The normalized spacial score (nSPS) is 10.3. The van der Waals surface area contributed by atoms with Gasteiger partial charge in [-0.3, -0.25) is 14.9 Å². The van der Waals surface area contributed by atoms with E-state index in [-0.39, 0.29) is 16.3 Å². The number of primary amides is 1. The standard InChI is InChI=1S/C13H10Cl2N4O3/c14-9-4-10(8(13(16)20)3-11(9)19(21)22)17-5-7-1-2-12(15)18-6-7/h1-4,6,17H,5H2,(H2,16,20). The number of halogens is 2. The minimum atomic E-state index is -0.795. The number of pyridine rings is 1. The highest BCUT2D eigenvalue weighted by Crippen LogP contribution is 2.31. The molecule has 3 N–H and O–H groups in total. The lowest BCUT2D eigenvalue weighted by Crippen LogP contribution is -2.15. The molecule has 22 heavy (non-hydrogen) atoms. The van der Waals surface area contributed by atoms with Crippen LogP contribution < -0.4 is 11.1 Å². The third kappa shape index (κ3) is 3.63. The van der Waals surface area contributed by atoms with E-state index < -0.39 is 10.8 Å². The molecule has 2 rings (SSSR count). The van der Waals surface area contributed by atoms with Crippen molar-refractivity contribution in [2.24, 2.45) is 5.73 Å². The number of hydrogen-bond donors (Lipinski definition) is 2. The van der Waals surface area contributed by atoms with Crippen molar-refractivity contribution in [1.82, 2.24) is 4.98 Å². The van der Waals surface area contributed by atoms with Crippen LogP contribution in [0.5, 0.6) is 0 Å². The topological polar surface area (TPSA) is 111 Å². The third-order valence-electron chi connectivity index (χ3n) is 2.82. The molecule has 0 unspecified atom stereocenters. The molecule has 0 aliphatic carbocycles. The second kappa shape index (κ2) is 6.59. The number of nitrogens with zero attached hydrogens (tertiary/aromatic N) is 2. The van der Waals surface area contributed by atoms with Crippen molar-refractivity contribution in [3.63, 3.8) is 0 Å². The summed E-state index contributed by atoms with van der Waals surface area (Å²) in [6.45, 7) is 0.318. The summed E-state index contributed by atoms with van der Waals surface area (Å²) in [4.78, 5) is 25.5. The van der Waals surface area contributed by atoms with Crippen LogP contribution >= 0.6 is 23.2 Å². The van der Waals surface area contributed by atoms with Gasteiger partial charge in [0.05, 0.1) is 10.5 Å². The number of carbonyl (C=O) groups is 1. The van der Waals surface area contributed by atoms with E-state index in [1.807, 2.05) is 0 Å². The van der Waals surface area contributed by atoms with Crippen molar-refractivity contribution >= 4 is 40.5 Å². The fraction of sp³-hybridized carbons (Fsp3) is 0.0769. The molecule has 1 amide bonds. The van der Waals surface area contributed by atoms with Crippen LogP contribution in [0.15, 0.2) is 30.5 Å². The van der Waals surface area contributed by atoms with E-state index in [1.165, 1.54) is 6.07 Å². The highest BCUT2D eigenvalue weighted by atomic mass is 35.5. The minimum absolute atomic E-state index is 0.0157. The number of nitro groups is 1. The summed E-state index contributed by atoms with van der Waals surface area (Å²) in [5.74, 6) is -0.795. The van der Waals surface area contributed by atoms with Gasteiger partial charge in [-0.15, -0.1) is 0 Å². The van der Waals surface area contributed by atoms with Gasteiger partial charge in [0, 0.05) is 24.5 Å². The van der Waals surface area contributed by atoms with Gasteiger partial charge in [-0.2, -0.15) is 0 Å². The van der Waals surface area contributed by atoms with Crippen molar-refractivity contribution in [1.29, 1.82) is 0 Å². The van der Waals surface area contributed by atoms with Gasteiger partial charge in [0.2, 0.25) is 0 Å². The fourth-order valence-electron chi connectivity index (χ4n) is 1.76. The van der Waals surface area contributed by atoms with E-state index in [1.54, 1.807) is 18.3 Å². The van der Waals surface area contributed by atoms with Crippen LogP contribution in [-0.4, -0.2) is 15.8 Å². The first kappa shape index (κ1) is 16.0. The van der Waals surface area contributed by atoms with Crippen LogP contribution in [0.2, 0.25) is 10.2 Å². The Balaban J connectivity index is 2.29. The molecule has 1 aromatic carbocycles. The van der Waals surface area contributed by atoms with Gasteiger partial charge in [-0.05, 0) is 17.7 Å². The van der Waals surface area contributed by atoms with Crippen molar-refractivity contribution in [2.75, 3.05) is 5.32 Å². The number of amides is 1. The van der Waals surface area contributed by atoms with E-state index in [0.29, 0.717) is 17.4 Å². The molecular weight excluding hydrogens is 331 g/mol. The van der Waals surface area contributed by atoms with Gasteiger partial charge in [-0.1, -0.05) is 29.3 Å². The predicted molar refractivity (Wildman–Crippen MR) is 83.2 cm³/mol. The summed E-state index contributed by atoms with van der Waals surface area (Å²) in [6.07, 6.45) is 1.56. The molecule has 0 radical (unpaired) electrons. The molecule has 0 bridgehead atoms. The van der Waals surface area contributed by atoms with Crippen LogP contribution in [0.4, 0.5) is 11.4 Å². The largest absolute Gasteiger partial charge is 0.380 e. The SMILES string of the molecule is NC(=O)c1cc([N+](=O)[O-])c(Cl)cc1NCc1ccc(Cl)nc1. The number of nitrogens with one attached hydrogen (secondary N) is 1. The van der Waals surface area contributed by atoms with Crippen molar-refractivity contribution < 1.29 is 9.72 Å². The number of rotatable bonds is 5. The van der Waals surface area contributed by atoms with Crippen LogP contribution in [0.3, 0.4) is 0 Å². The molecule has 1 heterocycles. The first-order valence-electron chi connectivity index (χ1n) is 6.00. The van der Waals surface area contributed by atoms with Crippen molar-refractivity contribution in [3.8, 4) is 0 Å². The average molecular weight is 341 g/mol. The van der Waals surface area contributed by atoms with Crippen molar-refractivity contribution in [2.45, 2.75) is 6.54 Å². The lowest BCUT2D eigenvalue weighted by atomic mass is 10.1. The average Bonchev–Trinajstić information content (AvgIpc) is 2.46. The molecule has 9 heteroatoms. The molecule has 0 saturated heterocycles. The zero-order valence-corrected chi connectivity index (χ0v) is 12.6. The van der Waals surface area contributed by atoms with Crippen LogP contribution in [0.1, 0.15) is 15.9 Å². The molecular formula is C13H10Cl2N4O3. The van der Waals surface area contributed by atoms with Gasteiger partial charge in [0.25, 0.3) is 11.6 Å². The first-order valence-corrected chi connectivity index (χ1v) is 6.76. The number of nitro benzene ring substituents is 1. The number of aromatic nitrogens is 1. The predicted octanol–water partition coefficient (Wildman–Crippen LogP) is 3.01. The number of nitrogens with two attached hydrogens (primary N) is 1. The number of anilines is 1. The molecule has 0 aliphatic heterocycles. The Morgan fingerprint density at radius 3 is 2.64 bits per heavy atom. The zero-order chi connectivity index (χ0) is 16.3. The van der Waals surface area contributed by atoms with Crippen molar-refractivity contribution in [3.05, 3.63) is 61.9 Å². The van der Waals surface area contributed by atoms with Crippen LogP contribution in [0, 0.1) is 10.1 Å². The Bertz CT molecular complexity index is 735. The van der Waals surface area contributed by atoms with E-state index in [2.05, 4.69) is 10.3 Å². The number of carbonyl (C=O) groups excluding carboxylic acids is 1. The smallest absolute Gasteiger partial charge is 0.288 e. The molecule has 0 fully saturated rings. The lowest BCUT2D eigenvalue weighted by molar-refractivity contribution is -0.384. The second-order valence-corrected chi connectivity index (χ2v) is 5.11. The maximum Gasteiger partial charge on any atom is 0.288 e. The first-order chi connectivity index (χ1) is 10.4. The molecule has 0 spiro atoms.